The van der Waals surface area contributed by atoms with Crippen molar-refractivity contribution in [3.8, 4) is 22.3 Å². The number of nitrogens with zero attached hydrogens (tertiary/aromatic N) is 1. The van der Waals surface area contributed by atoms with E-state index in [1.165, 1.54) is 116 Å². The molecule has 0 saturated heterocycles. The summed E-state index contributed by atoms with van der Waals surface area (Å²) in [6.07, 6.45) is 0. The molecule has 0 spiro atoms. The van der Waals surface area contributed by atoms with Gasteiger partial charge in [0.1, 0.15) is 0 Å². The third-order valence-electron chi connectivity index (χ3n) is 11.7. The normalized spacial score (nSPS) is 13.2. The first-order valence-electron chi connectivity index (χ1n) is 18.1. The van der Waals surface area contributed by atoms with Gasteiger partial charge >= 0.3 is 0 Å². The van der Waals surface area contributed by atoms with Crippen LogP contribution in [0.5, 0.6) is 0 Å². The van der Waals surface area contributed by atoms with E-state index in [0.717, 1.165) is 0 Å². The molecule has 0 N–H and O–H groups in total. The van der Waals surface area contributed by atoms with Crippen molar-refractivity contribution < 1.29 is 0 Å². The van der Waals surface area contributed by atoms with Crippen LogP contribution in [0.2, 0.25) is 0 Å². The molecule has 2 aliphatic rings. The number of hydrogen-bond acceptors (Lipinski definition) is 4. The smallest absolute Gasteiger partial charge is 0.248 e. The zero-order chi connectivity index (χ0) is 34.4. The molecule has 5 heterocycles. The Labute approximate surface area is 317 Å². The largest absolute Gasteiger partial charge is 0.311 e. The lowest BCUT2D eigenvalue weighted by atomic mass is 9.37. The van der Waals surface area contributed by atoms with Crippen LogP contribution in [0.3, 0.4) is 0 Å². The molecule has 5 heteroatoms. The minimum absolute atomic E-state index is 0.160. The first-order chi connectivity index (χ1) is 26.3. The maximum atomic E-state index is 2.60. The second kappa shape index (κ2) is 10.5. The predicted molar refractivity (Wildman–Crippen MR) is 235 cm³/mol. The highest BCUT2D eigenvalue weighted by atomic mass is 32.1. The highest BCUT2D eigenvalue weighted by Crippen LogP contribution is 2.48. The van der Waals surface area contributed by atoms with Crippen molar-refractivity contribution in [2.75, 3.05) is 4.90 Å². The van der Waals surface area contributed by atoms with Crippen molar-refractivity contribution in [1.82, 2.24) is 0 Å². The Kier molecular flexibility index (Phi) is 5.69. The fourth-order valence-electron chi connectivity index (χ4n) is 9.42. The Balaban J connectivity index is 1.15. The van der Waals surface area contributed by atoms with Gasteiger partial charge in [0.15, 0.2) is 0 Å². The number of benzene rings is 8. The van der Waals surface area contributed by atoms with Crippen LogP contribution >= 0.6 is 34.0 Å². The SMILES string of the molecule is c1ccc2c(c1)B1c3cc4c(cc3N(c3ccc5c(c3)sc3ccccc35)c3cc(-c5cccc6c5sc5ccccc56)cc-2c31)sc1ccccc14. The third kappa shape index (κ3) is 3.86. The van der Waals surface area contributed by atoms with Crippen molar-refractivity contribution in [3.05, 3.63) is 158 Å². The number of hydrogen-bond donors (Lipinski definition) is 0. The Morgan fingerprint density at radius 2 is 1.00 bits per heavy atom. The summed E-state index contributed by atoms with van der Waals surface area (Å²) in [6.45, 7) is 0.160. The van der Waals surface area contributed by atoms with Crippen molar-refractivity contribution in [2.45, 2.75) is 0 Å². The lowest BCUT2D eigenvalue weighted by Gasteiger charge is -2.36. The first-order valence-corrected chi connectivity index (χ1v) is 20.6. The van der Waals surface area contributed by atoms with Crippen molar-refractivity contribution in [1.29, 1.82) is 0 Å². The van der Waals surface area contributed by atoms with E-state index < -0.39 is 0 Å². The van der Waals surface area contributed by atoms with Gasteiger partial charge in [0.25, 0.3) is 0 Å². The van der Waals surface area contributed by atoms with Crippen LogP contribution in [0, 0.1) is 0 Å². The number of thiophene rings is 3. The van der Waals surface area contributed by atoms with Crippen LogP contribution in [-0.2, 0) is 0 Å². The van der Waals surface area contributed by atoms with Crippen molar-refractivity contribution >= 4 is 135 Å². The molecule has 8 aromatic carbocycles. The molecule has 11 aromatic rings. The molecule has 2 aliphatic heterocycles. The maximum absolute atomic E-state index is 2.60. The lowest BCUT2D eigenvalue weighted by molar-refractivity contribution is 1.31. The Morgan fingerprint density at radius 3 is 1.81 bits per heavy atom. The average molecular weight is 724 g/mol. The second-order valence-corrected chi connectivity index (χ2v) is 17.6. The van der Waals surface area contributed by atoms with Gasteiger partial charge in [-0.05, 0) is 87.1 Å². The van der Waals surface area contributed by atoms with Crippen LogP contribution in [-0.4, -0.2) is 6.71 Å². The van der Waals surface area contributed by atoms with Gasteiger partial charge in [0.2, 0.25) is 6.71 Å². The minimum atomic E-state index is 0.160. The van der Waals surface area contributed by atoms with Crippen LogP contribution in [0.4, 0.5) is 17.1 Å². The molecule has 0 radical (unpaired) electrons. The quantitative estimate of drug-likeness (QED) is 0.161. The number of fused-ring (bicyclic) bond motifs is 14. The summed E-state index contributed by atoms with van der Waals surface area (Å²) >= 11 is 5.71. The molecule has 3 aromatic heterocycles. The highest BCUT2D eigenvalue weighted by Gasteiger charge is 2.43. The molecule has 0 aliphatic carbocycles. The van der Waals surface area contributed by atoms with E-state index in [2.05, 4.69) is 163 Å². The number of anilines is 3. The molecule has 0 fully saturated rings. The van der Waals surface area contributed by atoms with Crippen LogP contribution < -0.4 is 21.3 Å². The molecule has 13 rings (SSSR count). The third-order valence-corrected chi connectivity index (χ3v) is 15.2. The van der Waals surface area contributed by atoms with Crippen LogP contribution in [0.1, 0.15) is 0 Å². The van der Waals surface area contributed by atoms with Crippen LogP contribution in [0.25, 0.3) is 82.8 Å². The van der Waals surface area contributed by atoms with Gasteiger partial charge < -0.3 is 4.90 Å². The van der Waals surface area contributed by atoms with Gasteiger partial charge in [-0.1, -0.05) is 115 Å². The summed E-state index contributed by atoms with van der Waals surface area (Å²) in [5.74, 6) is 0. The summed E-state index contributed by atoms with van der Waals surface area (Å²) in [5.41, 5.74) is 13.2. The molecule has 0 saturated carbocycles. The monoisotopic (exact) mass is 723 g/mol. The van der Waals surface area contributed by atoms with Gasteiger partial charge in [-0.15, -0.1) is 34.0 Å². The molecule has 0 amide bonds. The fraction of sp³-hybridized carbons (Fsp3) is 0. The molecular weight excluding hydrogens is 698 g/mol. The van der Waals surface area contributed by atoms with Gasteiger partial charge in [0, 0.05) is 72.2 Å². The molecular formula is C48H26BNS3. The number of rotatable bonds is 2. The zero-order valence-electron chi connectivity index (χ0n) is 28.3. The fourth-order valence-corrected chi connectivity index (χ4v) is 12.9. The van der Waals surface area contributed by atoms with E-state index in [0.29, 0.717) is 0 Å². The Morgan fingerprint density at radius 1 is 0.377 bits per heavy atom. The van der Waals surface area contributed by atoms with E-state index in [-0.39, 0.29) is 6.71 Å². The molecule has 0 atom stereocenters. The van der Waals surface area contributed by atoms with Gasteiger partial charge in [-0.3, -0.25) is 0 Å². The van der Waals surface area contributed by atoms with Gasteiger partial charge in [0.05, 0.1) is 0 Å². The molecule has 1 nitrogen and oxygen atoms in total. The predicted octanol–water partition coefficient (Wildman–Crippen LogP) is 12.7. The second-order valence-electron chi connectivity index (χ2n) is 14.4. The van der Waals surface area contributed by atoms with E-state index >= 15 is 0 Å². The van der Waals surface area contributed by atoms with Gasteiger partial charge in [-0.2, -0.15) is 0 Å². The molecule has 0 unspecified atom stereocenters. The summed E-state index contributed by atoms with van der Waals surface area (Å²) in [4.78, 5) is 2.60. The molecule has 53 heavy (non-hydrogen) atoms. The summed E-state index contributed by atoms with van der Waals surface area (Å²) < 4.78 is 8.01. The van der Waals surface area contributed by atoms with Gasteiger partial charge in [-0.25, -0.2) is 0 Å². The average Bonchev–Trinajstić information content (AvgIpc) is 3.96. The van der Waals surface area contributed by atoms with Crippen LogP contribution in [0.15, 0.2) is 158 Å². The summed E-state index contributed by atoms with van der Waals surface area (Å²) in [6, 6.07) is 59.7. The van der Waals surface area contributed by atoms with E-state index in [4.69, 9.17) is 0 Å². The summed E-state index contributed by atoms with van der Waals surface area (Å²) in [5, 5.41) is 8.03. The van der Waals surface area contributed by atoms with E-state index in [9.17, 15) is 0 Å². The summed E-state index contributed by atoms with van der Waals surface area (Å²) in [7, 11) is 0. The standard InChI is InChI=1S/C48H26BNS3/c1-5-16-38-30(10-1)37-22-27(29-14-9-15-35-32-12-3-8-19-44(32)53-48(29)35)23-41-47(37)49(38)39-25-36-33-13-4-7-18-43(33)52-46(36)26-40(39)50(41)28-20-21-34-31-11-2-6-17-42(31)51-45(34)24-28/h1-26H. The van der Waals surface area contributed by atoms with E-state index in [1.807, 2.05) is 34.0 Å². The van der Waals surface area contributed by atoms with E-state index in [1.54, 1.807) is 0 Å². The van der Waals surface area contributed by atoms with Crippen molar-refractivity contribution in [3.63, 3.8) is 0 Å². The molecule has 0 bridgehead atoms. The Bertz CT molecular complexity index is 3380. The minimum Gasteiger partial charge on any atom is -0.311 e. The molecule has 244 valence electrons. The lowest BCUT2D eigenvalue weighted by Crippen LogP contribution is -2.54. The van der Waals surface area contributed by atoms with Crippen molar-refractivity contribution in [2.24, 2.45) is 0 Å². The first kappa shape index (κ1) is 28.8. The zero-order valence-corrected chi connectivity index (χ0v) is 30.7. The highest BCUT2D eigenvalue weighted by molar-refractivity contribution is 7.27. The maximum Gasteiger partial charge on any atom is 0.248 e. The Hall–Kier alpha value is -5.72. The topological polar surface area (TPSA) is 3.24 Å².